The molecule has 0 aliphatic carbocycles. The molecule has 0 aromatic heterocycles. The quantitative estimate of drug-likeness (QED) is 0.793. The van der Waals surface area contributed by atoms with Gasteiger partial charge in [0.1, 0.15) is 5.75 Å². The number of carbonyl (C=O) groups excluding carboxylic acids is 1. The molecule has 0 saturated carbocycles. The third-order valence-corrected chi connectivity index (χ3v) is 5.05. The Morgan fingerprint density at radius 3 is 2.44 bits per heavy atom. The summed E-state index contributed by atoms with van der Waals surface area (Å²) >= 11 is 0. The third-order valence-electron chi connectivity index (χ3n) is 3.74. The molecule has 134 valence electrons. The SMILES string of the molecule is CCS(=O)(=O)Nc1cccc(C(=O)N[C@@H](C)c2ccc(OC)cc2)c1. The van der Waals surface area contributed by atoms with Gasteiger partial charge in [-0.25, -0.2) is 8.42 Å². The Bertz CT molecular complexity index is 832. The summed E-state index contributed by atoms with van der Waals surface area (Å²) in [4.78, 5) is 12.4. The van der Waals surface area contributed by atoms with Gasteiger partial charge >= 0.3 is 0 Å². The molecule has 0 heterocycles. The van der Waals surface area contributed by atoms with E-state index in [2.05, 4.69) is 10.0 Å². The van der Waals surface area contributed by atoms with Gasteiger partial charge in [0, 0.05) is 11.3 Å². The molecule has 1 atom stereocenters. The van der Waals surface area contributed by atoms with E-state index in [9.17, 15) is 13.2 Å². The van der Waals surface area contributed by atoms with E-state index in [1.54, 1.807) is 32.2 Å². The molecule has 1 amide bonds. The molecule has 7 heteroatoms. The van der Waals surface area contributed by atoms with Gasteiger partial charge in [-0.1, -0.05) is 18.2 Å². The highest BCUT2D eigenvalue weighted by Crippen LogP contribution is 2.18. The van der Waals surface area contributed by atoms with E-state index < -0.39 is 10.0 Å². The van der Waals surface area contributed by atoms with Crippen LogP contribution in [-0.4, -0.2) is 27.2 Å². The second-order valence-corrected chi connectivity index (χ2v) is 7.57. The van der Waals surface area contributed by atoms with Gasteiger partial charge in [-0.3, -0.25) is 9.52 Å². The van der Waals surface area contributed by atoms with Crippen molar-refractivity contribution in [3.05, 3.63) is 59.7 Å². The summed E-state index contributed by atoms with van der Waals surface area (Å²) in [5, 5.41) is 2.90. The summed E-state index contributed by atoms with van der Waals surface area (Å²) in [6, 6.07) is 13.6. The first-order valence-corrected chi connectivity index (χ1v) is 9.55. The minimum atomic E-state index is -3.38. The number of methoxy groups -OCH3 is 1. The molecule has 25 heavy (non-hydrogen) atoms. The molecule has 0 unspecified atom stereocenters. The molecular weight excluding hydrogens is 340 g/mol. The van der Waals surface area contributed by atoms with Crippen LogP contribution in [0.2, 0.25) is 0 Å². The van der Waals surface area contributed by atoms with E-state index >= 15 is 0 Å². The largest absolute Gasteiger partial charge is 0.497 e. The normalized spacial score (nSPS) is 12.3. The zero-order chi connectivity index (χ0) is 18.4. The van der Waals surface area contributed by atoms with Crippen LogP contribution < -0.4 is 14.8 Å². The molecule has 0 radical (unpaired) electrons. The molecule has 0 saturated heterocycles. The van der Waals surface area contributed by atoms with Gasteiger partial charge < -0.3 is 10.1 Å². The second kappa shape index (κ2) is 8.02. The number of hydrogen-bond donors (Lipinski definition) is 2. The maximum atomic E-state index is 12.4. The Morgan fingerprint density at radius 2 is 1.84 bits per heavy atom. The average Bonchev–Trinajstić information content (AvgIpc) is 2.61. The summed E-state index contributed by atoms with van der Waals surface area (Å²) in [5.74, 6) is 0.442. The Labute approximate surface area is 148 Å². The Morgan fingerprint density at radius 1 is 1.16 bits per heavy atom. The van der Waals surface area contributed by atoms with Crippen LogP contribution in [0.5, 0.6) is 5.75 Å². The van der Waals surface area contributed by atoms with Crippen LogP contribution in [0.25, 0.3) is 0 Å². The lowest BCUT2D eigenvalue weighted by Gasteiger charge is -2.15. The van der Waals surface area contributed by atoms with E-state index in [-0.39, 0.29) is 17.7 Å². The molecule has 6 nitrogen and oxygen atoms in total. The van der Waals surface area contributed by atoms with E-state index in [1.165, 1.54) is 6.07 Å². The van der Waals surface area contributed by atoms with Crippen LogP contribution in [0.4, 0.5) is 5.69 Å². The van der Waals surface area contributed by atoms with Crippen LogP contribution in [0.3, 0.4) is 0 Å². The molecule has 0 aliphatic heterocycles. The molecule has 0 fully saturated rings. The Kier molecular flexibility index (Phi) is 6.03. The van der Waals surface area contributed by atoms with Gasteiger partial charge in [0.15, 0.2) is 0 Å². The highest BCUT2D eigenvalue weighted by Gasteiger charge is 2.13. The van der Waals surface area contributed by atoms with E-state index in [0.717, 1.165) is 11.3 Å². The molecule has 2 aromatic carbocycles. The van der Waals surface area contributed by atoms with Crippen molar-refractivity contribution in [1.82, 2.24) is 5.32 Å². The maximum absolute atomic E-state index is 12.4. The van der Waals surface area contributed by atoms with E-state index in [0.29, 0.717) is 11.3 Å². The van der Waals surface area contributed by atoms with Crippen LogP contribution in [-0.2, 0) is 10.0 Å². The Balaban J connectivity index is 2.09. The van der Waals surface area contributed by atoms with Gasteiger partial charge in [-0.05, 0) is 49.7 Å². The van der Waals surface area contributed by atoms with Gasteiger partial charge in [-0.2, -0.15) is 0 Å². The highest BCUT2D eigenvalue weighted by molar-refractivity contribution is 7.92. The van der Waals surface area contributed by atoms with Crippen molar-refractivity contribution in [3.8, 4) is 5.75 Å². The first-order valence-electron chi connectivity index (χ1n) is 7.90. The van der Waals surface area contributed by atoms with Gasteiger partial charge in [0.05, 0.1) is 18.9 Å². The number of benzene rings is 2. The first-order chi connectivity index (χ1) is 11.8. The fourth-order valence-corrected chi connectivity index (χ4v) is 2.86. The fraction of sp³-hybridized carbons (Fsp3) is 0.278. The van der Waals surface area contributed by atoms with Crippen molar-refractivity contribution < 1.29 is 17.9 Å². The molecule has 0 aliphatic rings. The highest BCUT2D eigenvalue weighted by atomic mass is 32.2. The van der Waals surface area contributed by atoms with Crippen LogP contribution in [0.1, 0.15) is 35.8 Å². The number of amides is 1. The topological polar surface area (TPSA) is 84.5 Å². The zero-order valence-electron chi connectivity index (χ0n) is 14.4. The number of ether oxygens (including phenoxy) is 1. The molecule has 0 bridgehead atoms. The lowest BCUT2D eigenvalue weighted by Crippen LogP contribution is -2.26. The predicted molar refractivity (Wildman–Crippen MR) is 98.4 cm³/mol. The van der Waals surface area contributed by atoms with Gasteiger partial charge in [0.25, 0.3) is 5.91 Å². The van der Waals surface area contributed by atoms with Crippen molar-refractivity contribution in [2.45, 2.75) is 19.9 Å². The van der Waals surface area contributed by atoms with Crippen LogP contribution in [0.15, 0.2) is 48.5 Å². The van der Waals surface area contributed by atoms with Crippen molar-refractivity contribution in [3.63, 3.8) is 0 Å². The number of nitrogens with one attached hydrogen (secondary N) is 2. The number of anilines is 1. The fourth-order valence-electron chi connectivity index (χ4n) is 2.23. The molecule has 2 rings (SSSR count). The van der Waals surface area contributed by atoms with Crippen molar-refractivity contribution >= 4 is 21.6 Å². The summed E-state index contributed by atoms with van der Waals surface area (Å²) in [6.45, 7) is 3.43. The maximum Gasteiger partial charge on any atom is 0.251 e. The monoisotopic (exact) mass is 362 g/mol. The third kappa shape index (κ3) is 5.22. The lowest BCUT2D eigenvalue weighted by molar-refractivity contribution is 0.0940. The smallest absolute Gasteiger partial charge is 0.251 e. The average molecular weight is 362 g/mol. The number of rotatable bonds is 7. The predicted octanol–water partition coefficient (Wildman–Crippen LogP) is 2.95. The van der Waals surface area contributed by atoms with Crippen molar-refractivity contribution in [1.29, 1.82) is 0 Å². The second-order valence-electron chi connectivity index (χ2n) is 5.55. The molecular formula is C18H22N2O4S. The number of carbonyl (C=O) groups is 1. The van der Waals surface area contributed by atoms with Crippen LogP contribution >= 0.6 is 0 Å². The van der Waals surface area contributed by atoms with E-state index in [1.807, 2.05) is 31.2 Å². The van der Waals surface area contributed by atoms with Crippen LogP contribution in [0, 0.1) is 0 Å². The van der Waals surface area contributed by atoms with Crippen molar-refractivity contribution in [2.75, 3.05) is 17.6 Å². The Hall–Kier alpha value is -2.54. The molecule has 0 spiro atoms. The van der Waals surface area contributed by atoms with Crippen molar-refractivity contribution in [2.24, 2.45) is 0 Å². The first kappa shape index (κ1) is 18.8. The minimum Gasteiger partial charge on any atom is -0.497 e. The number of sulfonamides is 1. The minimum absolute atomic E-state index is 0.0298. The summed E-state index contributed by atoms with van der Waals surface area (Å²) in [7, 11) is -1.78. The van der Waals surface area contributed by atoms with Gasteiger partial charge in [0.2, 0.25) is 10.0 Å². The van der Waals surface area contributed by atoms with E-state index in [4.69, 9.17) is 4.74 Å². The number of hydrogen-bond acceptors (Lipinski definition) is 4. The summed E-state index contributed by atoms with van der Waals surface area (Å²) in [5.41, 5.74) is 1.69. The standard InChI is InChI=1S/C18H22N2O4S/c1-4-25(22,23)20-16-7-5-6-15(12-16)18(21)19-13(2)14-8-10-17(24-3)11-9-14/h5-13,20H,4H2,1-3H3,(H,19,21)/t13-/m0/s1. The molecule has 2 aromatic rings. The molecule has 2 N–H and O–H groups in total. The zero-order valence-corrected chi connectivity index (χ0v) is 15.3. The summed E-state index contributed by atoms with van der Waals surface area (Å²) < 4.78 is 30.8. The lowest BCUT2D eigenvalue weighted by atomic mass is 10.1. The van der Waals surface area contributed by atoms with Gasteiger partial charge in [-0.15, -0.1) is 0 Å². The summed E-state index contributed by atoms with van der Waals surface area (Å²) in [6.07, 6.45) is 0.